The normalized spacial score (nSPS) is 10.1. The first-order valence-corrected chi connectivity index (χ1v) is 5.12. The summed E-state index contributed by atoms with van der Waals surface area (Å²) in [6.45, 7) is 0. The van der Waals surface area contributed by atoms with E-state index >= 15 is 0 Å². The number of hydrogen-bond donors (Lipinski definition) is 1. The third-order valence-electron chi connectivity index (χ3n) is 2.32. The molecule has 2 aromatic rings. The Bertz CT molecular complexity index is 589. The molecule has 0 unspecified atom stereocenters. The van der Waals surface area contributed by atoms with Gasteiger partial charge in [0.05, 0.1) is 6.20 Å². The summed E-state index contributed by atoms with van der Waals surface area (Å²) in [5, 5.41) is 12.7. The fourth-order valence-electron chi connectivity index (χ4n) is 1.48. The summed E-state index contributed by atoms with van der Waals surface area (Å²) < 4.78 is 6.24. The van der Waals surface area contributed by atoms with Gasteiger partial charge in [0, 0.05) is 7.05 Å². The molecule has 6 heteroatoms. The first-order chi connectivity index (χ1) is 8.59. The van der Waals surface area contributed by atoms with Gasteiger partial charge in [0.25, 0.3) is 0 Å². The van der Waals surface area contributed by atoms with Crippen molar-refractivity contribution in [2.75, 3.05) is 0 Å². The van der Waals surface area contributed by atoms with Crippen molar-refractivity contribution < 1.29 is 19.4 Å². The van der Waals surface area contributed by atoms with Crippen LogP contribution in [0.15, 0.2) is 36.5 Å². The van der Waals surface area contributed by atoms with Crippen LogP contribution < -0.4 is 4.74 Å². The molecule has 0 aliphatic carbocycles. The number of rotatable bonds is 3. The van der Waals surface area contributed by atoms with Crippen LogP contribution in [-0.4, -0.2) is 26.8 Å². The van der Waals surface area contributed by atoms with Gasteiger partial charge in [-0.15, -0.1) is 0 Å². The van der Waals surface area contributed by atoms with Gasteiger partial charge in [-0.2, -0.15) is 5.10 Å². The molecule has 1 heterocycles. The highest BCUT2D eigenvalue weighted by molar-refractivity contribution is 6.01. The van der Waals surface area contributed by atoms with Crippen LogP contribution in [0.1, 0.15) is 20.8 Å². The largest absolute Gasteiger partial charge is 0.478 e. The predicted octanol–water partition coefficient (Wildman–Crippen LogP) is 1.34. The third-order valence-corrected chi connectivity index (χ3v) is 2.32. The number of benzene rings is 1. The number of nitrogens with zero attached hydrogens (tertiary/aromatic N) is 2. The Kier molecular flexibility index (Phi) is 3.09. The van der Waals surface area contributed by atoms with Crippen molar-refractivity contribution in [2.45, 2.75) is 0 Å². The van der Waals surface area contributed by atoms with Gasteiger partial charge in [0.15, 0.2) is 5.69 Å². The first kappa shape index (κ1) is 11.8. The minimum Gasteiger partial charge on any atom is -0.478 e. The van der Waals surface area contributed by atoms with Gasteiger partial charge in [-0.1, -0.05) is 18.2 Å². The van der Waals surface area contributed by atoms with Crippen molar-refractivity contribution in [2.24, 2.45) is 7.05 Å². The Balaban J connectivity index is 2.29. The Morgan fingerprint density at radius 1 is 1.28 bits per heavy atom. The molecule has 18 heavy (non-hydrogen) atoms. The smallest absolute Gasteiger partial charge is 0.362 e. The predicted molar refractivity (Wildman–Crippen MR) is 61.6 cm³/mol. The zero-order valence-electron chi connectivity index (χ0n) is 9.53. The van der Waals surface area contributed by atoms with Gasteiger partial charge in [-0.05, 0) is 12.1 Å². The second kappa shape index (κ2) is 4.70. The number of carbonyl (C=O) groups excluding carboxylic acids is 1. The number of esters is 1. The number of aryl methyl sites for hydroxylation is 1. The van der Waals surface area contributed by atoms with E-state index in [9.17, 15) is 9.59 Å². The number of carboxylic acid groups (broad SMARTS) is 1. The summed E-state index contributed by atoms with van der Waals surface area (Å²) >= 11 is 0. The maximum absolute atomic E-state index is 11.9. The average Bonchev–Trinajstić information content (AvgIpc) is 2.72. The molecule has 0 saturated carbocycles. The van der Waals surface area contributed by atoms with E-state index in [2.05, 4.69) is 5.10 Å². The number of ether oxygens (including phenoxy) is 1. The van der Waals surface area contributed by atoms with E-state index in [-0.39, 0.29) is 11.3 Å². The van der Waals surface area contributed by atoms with Gasteiger partial charge in [-0.25, -0.2) is 9.59 Å². The van der Waals surface area contributed by atoms with Crippen molar-refractivity contribution in [1.82, 2.24) is 9.78 Å². The van der Waals surface area contributed by atoms with E-state index in [1.165, 1.54) is 11.7 Å². The minimum atomic E-state index is -1.22. The summed E-state index contributed by atoms with van der Waals surface area (Å²) in [6.07, 6.45) is 1.12. The summed E-state index contributed by atoms with van der Waals surface area (Å²) in [5.41, 5.74) is -0.273. The summed E-state index contributed by atoms with van der Waals surface area (Å²) in [6, 6.07) is 8.42. The average molecular weight is 246 g/mol. The lowest BCUT2D eigenvalue weighted by Crippen LogP contribution is -2.17. The van der Waals surface area contributed by atoms with Crippen LogP contribution in [0.2, 0.25) is 0 Å². The van der Waals surface area contributed by atoms with Gasteiger partial charge >= 0.3 is 11.9 Å². The Morgan fingerprint density at radius 3 is 2.56 bits per heavy atom. The number of aromatic carboxylic acids is 1. The molecule has 0 atom stereocenters. The molecule has 1 N–H and O–H groups in total. The number of hydrogen-bond acceptors (Lipinski definition) is 4. The second-order valence-electron chi connectivity index (χ2n) is 3.54. The van der Waals surface area contributed by atoms with E-state index in [4.69, 9.17) is 9.84 Å². The molecular weight excluding hydrogens is 236 g/mol. The molecule has 0 spiro atoms. The molecule has 0 aliphatic heterocycles. The van der Waals surface area contributed by atoms with Crippen LogP contribution in [0.3, 0.4) is 0 Å². The maximum atomic E-state index is 11.9. The zero-order valence-corrected chi connectivity index (χ0v) is 9.53. The van der Waals surface area contributed by atoms with Crippen molar-refractivity contribution in [3.63, 3.8) is 0 Å². The number of aromatic nitrogens is 2. The van der Waals surface area contributed by atoms with Crippen molar-refractivity contribution >= 4 is 11.9 Å². The van der Waals surface area contributed by atoms with Crippen molar-refractivity contribution in [3.05, 3.63) is 47.8 Å². The fraction of sp³-hybridized carbons (Fsp3) is 0.0833. The topological polar surface area (TPSA) is 81.4 Å². The lowest BCUT2D eigenvalue weighted by atomic mass is 10.2. The van der Waals surface area contributed by atoms with Gasteiger partial charge in [-0.3, -0.25) is 4.68 Å². The Morgan fingerprint density at radius 2 is 1.94 bits per heavy atom. The van der Waals surface area contributed by atoms with Crippen LogP contribution in [0.25, 0.3) is 0 Å². The van der Waals surface area contributed by atoms with Crippen molar-refractivity contribution in [3.8, 4) is 5.75 Å². The molecule has 1 aromatic carbocycles. The summed E-state index contributed by atoms with van der Waals surface area (Å²) in [4.78, 5) is 22.8. The zero-order chi connectivity index (χ0) is 13.1. The SMILES string of the molecule is Cn1ncc(C(=O)O)c1C(=O)Oc1ccccc1. The van der Waals surface area contributed by atoms with E-state index in [0.29, 0.717) is 5.75 Å². The van der Waals surface area contributed by atoms with E-state index in [0.717, 1.165) is 6.20 Å². The Hall–Kier alpha value is -2.63. The first-order valence-electron chi connectivity index (χ1n) is 5.12. The molecule has 0 aliphatic rings. The Labute approximate surface area is 102 Å². The van der Waals surface area contributed by atoms with Crippen LogP contribution in [0.5, 0.6) is 5.75 Å². The molecule has 0 amide bonds. The number of carbonyl (C=O) groups is 2. The highest BCUT2D eigenvalue weighted by Gasteiger charge is 2.23. The lowest BCUT2D eigenvalue weighted by molar-refractivity contribution is 0.0663. The minimum absolute atomic E-state index is 0.0913. The van der Waals surface area contributed by atoms with E-state index in [1.54, 1.807) is 30.3 Å². The number of para-hydroxylation sites is 1. The van der Waals surface area contributed by atoms with Gasteiger partial charge in [0.1, 0.15) is 11.3 Å². The van der Waals surface area contributed by atoms with Crippen molar-refractivity contribution in [1.29, 1.82) is 0 Å². The van der Waals surface area contributed by atoms with E-state index < -0.39 is 11.9 Å². The van der Waals surface area contributed by atoms with Crippen LogP contribution in [-0.2, 0) is 7.05 Å². The fourth-order valence-corrected chi connectivity index (χ4v) is 1.48. The van der Waals surface area contributed by atoms with Crippen LogP contribution >= 0.6 is 0 Å². The molecule has 92 valence electrons. The highest BCUT2D eigenvalue weighted by atomic mass is 16.5. The second-order valence-corrected chi connectivity index (χ2v) is 3.54. The van der Waals surface area contributed by atoms with Crippen LogP contribution in [0, 0.1) is 0 Å². The quantitative estimate of drug-likeness (QED) is 0.652. The molecule has 0 fully saturated rings. The lowest BCUT2D eigenvalue weighted by Gasteiger charge is -2.05. The molecule has 0 bridgehead atoms. The van der Waals surface area contributed by atoms with Crippen LogP contribution in [0.4, 0.5) is 0 Å². The standard InChI is InChI=1S/C12H10N2O4/c1-14-10(9(7-13-14)11(15)16)12(17)18-8-5-3-2-4-6-8/h2-7H,1H3,(H,15,16). The molecule has 1 aromatic heterocycles. The van der Waals surface area contributed by atoms with Gasteiger partial charge in [0.2, 0.25) is 0 Å². The molecule has 6 nitrogen and oxygen atoms in total. The summed E-state index contributed by atoms with van der Waals surface area (Å²) in [7, 11) is 1.48. The molecule has 0 radical (unpaired) electrons. The monoisotopic (exact) mass is 246 g/mol. The third kappa shape index (κ3) is 2.22. The molecule has 0 saturated heterocycles. The molecular formula is C12H10N2O4. The highest BCUT2D eigenvalue weighted by Crippen LogP contribution is 2.14. The van der Waals surface area contributed by atoms with E-state index in [1.807, 2.05) is 0 Å². The number of carboxylic acids is 1. The summed E-state index contributed by atoms with van der Waals surface area (Å²) in [5.74, 6) is -1.62. The molecule has 2 rings (SSSR count). The maximum Gasteiger partial charge on any atom is 0.362 e. The van der Waals surface area contributed by atoms with Gasteiger partial charge < -0.3 is 9.84 Å².